The Morgan fingerprint density at radius 2 is 2.23 bits per heavy atom. The molecule has 2 saturated heterocycles. The maximum Gasteiger partial charge on any atom is 0.266 e. The Labute approximate surface area is 166 Å². The van der Waals surface area contributed by atoms with Crippen molar-refractivity contribution in [2.75, 3.05) is 13.2 Å². The van der Waals surface area contributed by atoms with Gasteiger partial charge in [-0.3, -0.25) is 9.69 Å². The van der Waals surface area contributed by atoms with Crippen LogP contribution in [0.4, 0.5) is 0 Å². The number of thioether (sulfide) groups is 1. The number of thiocarbonyl (C=S) groups is 1. The van der Waals surface area contributed by atoms with Crippen LogP contribution in [0.25, 0.3) is 17.4 Å². The molecular weight excluding hydrogens is 390 g/mol. The molecule has 2 aliphatic heterocycles. The van der Waals surface area contributed by atoms with Crippen molar-refractivity contribution in [2.24, 2.45) is 0 Å². The zero-order valence-electron chi connectivity index (χ0n) is 13.8. The lowest BCUT2D eigenvalue weighted by molar-refractivity contribution is -0.123. The number of hydrogen-bond acceptors (Lipinski definition) is 5. The van der Waals surface area contributed by atoms with Crippen molar-refractivity contribution in [1.29, 1.82) is 0 Å². The third kappa shape index (κ3) is 3.74. The Kier molecular flexibility index (Phi) is 5.18. The number of hydrogen-bond donors (Lipinski definition) is 0. The highest BCUT2D eigenvalue weighted by molar-refractivity contribution is 8.26. The molecule has 0 bridgehead atoms. The summed E-state index contributed by atoms with van der Waals surface area (Å²) in [4.78, 5) is 14.9. The monoisotopic (exact) mass is 405 g/mol. The van der Waals surface area contributed by atoms with Gasteiger partial charge in [-0.15, -0.1) is 0 Å². The van der Waals surface area contributed by atoms with Crippen molar-refractivity contribution in [2.45, 2.75) is 18.9 Å². The van der Waals surface area contributed by atoms with E-state index in [1.807, 2.05) is 36.4 Å². The molecule has 134 valence electrons. The minimum absolute atomic E-state index is 0.0786. The Bertz CT molecular complexity index is 886. The normalized spacial score (nSPS) is 22.0. The molecule has 2 fully saturated rings. The van der Waals surface area contributed by atoms with Gasteiger partial charge in [-0.1, -0.05) is 47.7 Å². The smallest absolute Gasteiger partial charge is 0.266 e. The van der Waals surface area contributed by atoms with E-state index in [-0.39, 0.29) is 12.0 Å². The molecule has 0 spiro atoms. The van der Waals surface area contributed by atoms with E-state index in [0.29, 0.717) is 32.3 Å². The first kappa shape index (κ1) is 17.8. The molecular formula is C19H16ClNO3S2. The number of rotatable bonds is 4. The van der Waals surface area contributed by atoms with Crippen molar-refractivity contribution in [3.63, 3.8) is 0 Å². The number of furan rings is 1. The Hall–Kier alpha value is -1.60. The van der Waals surface area contributed by atoms with Gasteiger partial charge in [0.15, 0.2) is 0 Å². The number of ether oxygens (including phenoxy) is 1. The van der Waals surface area contributed by atoms with E-state index in [9.17, 15) is 4.79 Å². The fourth-order valence-corrected chi connectivity index (χ4v) is 4.45. The second-order valence-electron chi connectivity index (χ2n) is 6.14. The molecule has 1 amide bonds. The standard InChI is InChI=1S/C19H16ClNO3S2/c20-13-4-1-3-12(9-13)16-7-6-14(24-16)10-17-18(22)21(19(25)26-17)11-15-5-2-8-23-15/h1,3-4,6-7,9-10,15H,2,5,8,11H2. The molecule has 7 heteroatoms. The van der Waals surface area contributed by atoms with Gasteiger partial charge in [-0.05, 0) is 37.1 Å². The van der Waals surface area contributed by atoms with E-state index >= 15 is 0 Å². The van der Waals surface area contributed by atoms with Gasteiger partial charge in [0.05, 0.1) is 17.6 Å². The number of amides is 1. The van der Waals surface area contributed by atoms with E-state index in [4.69, 9.17) is 33.0 Å². The van der Waals surface area contributed by atoms with Crippen LogP contribution in [0.1, 0.15) is 18.6 Å². The molecule has 4 nitrogen and oxygen atoms in total. The second-order valence-corrected chi connectivity index (χ2v) is 8.25. The number of benzene rings is 1. The largest absolute Gasteiger partial charge is 0.457 e. The lowest BCUT2D eigenvalue weighted by Crippen LogP contribution is -2.35. The van der Waals surface area contributed by atoms with E-state index in [1.54, 1.807) is 11.0 Å². The first-order valence-electron chi connectivity index (χ1n) is 8.33. The minimum Gasteiger partial charge on any atom is -0.457 e. The molecule has 1 unspecified atom stereocenters. The maximum atomic E-state index is 12.7. The summed E-state index contributed by atoms with van der Waals surface area (Å²) in [5.41, 5.74) is 0.892. The summed E-state index contributed by atoms with van der Waals surface area (Å²) in [6, 6.07) is 11.2. The summed E-state index contributed by atoms with van der Waals surface area (Å²) in [5, 5.41) is 0.649. The first-order chi connectivity index (χ1) is 12.6. The molecule has 0 saturated carbocycles. The zero-order chi connectivity index (χ0) is 18.1. The van der Waals surface area contributed by atoms with Crippen molar-refractivity contribution < 1.29 is 13.9 Å². The van der Waals surface area contributed by atoms with Crippen molar-refractivity contribution in [3.05, 3.63) is 52.1 Å². The Morgan fingerprint density at radius 1 is 1.35 bits per heavy atom. The quantitative estimate of drug-likeness (QED) is 0.530. The number of halogens is 1. The molecule has 0 aliphatic carbocycles. The van der Waals surface area contributed by atoms with E-state index in [0.717, 1.165) is 25.0 Å². The Morgan fingerprint density at radius 3 is 3.00 bits per heavy atom. The second kappa shape index (κ2) is 7.56. The number of carbonyl (C=O) groups is 1. The van der Waals surface area contributed by atoms with E-state index in [2.05, 4.69) is 0 Å². The van der Waals surface area contributed by atoms with E-state index in [1.165, 1.54) is 11.8 Å². The van der Waals surface area contributed by atoms with Gasteiger partial charge in [0, 0.05) is 23.3 Å². The van der Waals surface area contributed by atoms with Gasteiger partial charge in [0.2, 0.25) is 0 Å². The van der Waals surface area contributed by atoms with E-state index < -0.39 is 0 Å². The molecule has 2 aromatic rings. The fourth-order valence-electron chi connectivity index (χ4n) is 3.01. The van der Waals surface area contributed by atoms with Gasteiger partial charge < -0.3 is 9.15 Å². The van der Waals surface area contributed by atoms with Crippen molar-refractivity contribution in [1.82, 2.24) is 4.90 Å². The fraction of sp³-hybridized carbons (Fsp3) is 0.263. The van der Waals surface area contributed by atoms with Crippen LogP contribution < -0.4 is 0 Å². The summed E-state index contributed by atoms with van der Waals surface area (Å²) < 4.78 is 12.0. The van der Waals surface area contributed by atoms with Crippen LogP contribution in [0.2, 0.25) is 5.02 Å². The molecule has 1 atom stereocenters. The molecule has 26 heavy (non-hydrogen) atoms. The highest BCUT2D eigenvalue weighted by atomic mass is 35.5. The Balaban J connectivity index is 1.51. The highest BCUT2D eigenvalue weighted by Crippen LogP contribution is 2.34. The molecule has 0 radical (unpaired) electrons. The molecule has 0 N–H and O–H groups in total. The predicted molar refractivity (Wildman–Crippen MR) is 108 cm³/mol. The SMILES string of the molecule is O=C1C(=Cc2ccc(-c3cccc(Cl)c3)o2)SC(=S)N1CC1CCCO1. The van der Waals surface area contributed by atoms with Crippen LogP contribution in [0.5, 0.6) is 0 Å². The van der Waals surface area contributed by atoms with Crippen molar-refractivity contribution >= 4 is 51.9 Å². The summed E-state index contributed by atoms with van der Waals surface area (Å²) >= 11 is 12.7. The topological polar surface area (TPSA) is 42.7 Å². The van der Waals surface area contributed by atoms with Crippen molar-refractivity contribution in [3.8, 4) is 11.3 Å². The van der Waals surface area contributed by atoms with Crippen LogP contribution >= 0.6 is 35.6 Å². The third-order valence-electron chi connectivity index (χ3n) is 4.29. The average molecular weight is 406 g/mol. The summed E-state index contributed by atoms with van der Waals surface area (Å²) in [7, 11) is 0. The minimum atomic E-state index is -0.0868. The lowest BCUT2D eigenvalue weighted by Gasteiger charge is -2.18. The summed E-state index contributed by atoms with van der Waals surface area (Å²) in [6.45, 7) is 1.28. The third-order valence-corrected chi connectivity index (χ3v) is 5.91. The number of nitrogens with zero attached hydrogens (tertiary/aromatic N) is 1. The van der Waals surface area contributed by atoms with Crippen LogP contribution in [-0.2, 0) is 9.53 Å². The van der Waals surface area contributed by atoms with Gasteiger partial charge in [0.25, 0.3) is 5.91 Å². The highest BCUT2D eigenvalue weighted by Gasteiger charge is 2.34. The molecule has 4 rings (SSSR count). The van der Waals surface area contributed by atoms with Gasteiger partial charge in [-0.25, -0.2) is 0 Å². The molecule has 1 aromatic heterocycles. The van der Waals surface area contributed by atoms with Crippen LogP contribution in [0.15, 0.2) is 45.7 Å². The first-order valence-corrected chi connectivity index (χ1v) is 9.93. The molecule has 2 aliphatic rings. The average Bonchev–Trinajstić information content (AvgIpc) is 3.34. The van der Waals surface area contributed by atoms with Gasteiger partial charge in [-0.2, -0.15) is 0 Å². The van der Waals surface area contributed by atoms with Crippen LogP contribution in [0, 0.1) is 0 Å². The predicted octanol–water partition coefficient (Wildman–Crippen LogP) is 4.98. The lowest BCUT2D eigenvalue weighted by atomic mass is 10.2. The summed E-state index contributed by atoms with van der Waals surface area (Å²) in [6.07, 6.45) is 3.82. The van der Waals surface area contributed by atoms with Crippen LogP contribution in [-0.4, -0.2) is 34.4 Å². The van der Waals surface area contributed by atoms with Gasteiger partial charge >= 0.3 is 0 Å². The zero-order valence-corrected chi connectivity index (χ0v) is 16.2. The maximum absolute atomic E-state index is 12.7. The molecule has 1 aromatic carbocycles. The van der Waals surface area contributed by atoms with Gasteiger partial charge in [0.1, 0.15) is 15.8 Å². The molecule has 3 heterocycles. The number of carbonyl (C=O) groups excluding carboxylic acids is 1. The van der Waals surface area contributed by atoms with Crippen LogP contribution in [0.3, 0.4) is 0 Å². The summed E-state index contributed by atoms with van der Waals surface area (Å²) in [5.74, 6) is 1.22.